The fourth-order valence-corrected chi connectivity index (χ4v) is 4.47. The molecule has 1 aliphatic heterocycles. The van der Waals surface area contributed by atoms with E-state index in [4.69, 9.17) is 0 Å². The molecule has 3 rings (SSSR count). The Bertz CT molecular complexity index is 1070. The largest absolute Gasteiger partial charge is 0.338 e. The molecule has 1 unspecified atom stereocenters. The van der Waals surface area contributed by atoms with E-state index >= 15 is 0 Å². The molecule has 30 heavy (non-hydrogen) atoms. The van der Waals surface area contributed by atoms with Crippen molar-refractivity contribution in [2.45, 2.75) is 31.7 Å². The second-order valence-electron chi connectivity index (χ2n) is 7.85. The summed E-state index contributed by atoms with van der Waals surface area (Å²) in [6, 6.07) is 12.7. The van der Waals surface area contributed by atoms with Gasteiger partial charge >= 0.3 is 0 Å². The molecule has 2 aromatic carbocycles. The predicted octanol–water partition coefficient (Wildman–Crippen LogP) is 2.54. The quantitative estimate of drug-likeness (QED) is 0.765. The number of nitrogens with one attached hydrogen (secondary N) is 1. The zero-order valence-corrected chi connectivity index (χ0v) is 18.5. The van der Waals surface area contributed by atoms with E-state index in [9.17, 15) is 18.0 Å². The van der Waals surface area contributed by atoms with Gasteiger partial charge in [-0.25, -0.2) is 12.7 Å². The lowest BCUT2D eigenvalue weighted by atomic mass is 10.1. The van der Waals surface area contributed by atoms with Gasteiger partial charge in [-0.05, 0) is 42.7 Å². The van der Waals surface area contributed by atoms with E-state index in [0.29, 0.717) is 18.8 Å². The number of benzene rings is 2. The minimum absolute atomic E-state index is 0.0594. The molecule has 0 radical (unpaired) electrons. The van der Waals surface area contributed by atoms with E-state index in [2.05, 4.69) is 5.32 Å². The van der Waals surface area contributed by atoms with Gasteiger partial charge in [0, 0.05) is 39.3 Å². The number of hydrogen-bond acceptors (Lipinski definition) is 4. The molecule has 1 aliphatic rings. The molecule has 0 saturated carbocycles. The Labute approximate surface area is 177 Å². The second kappa shape index (κ2) is 8.57. The van der Waals surface area contributed by atoms with Crippen LogP contribution in [0.3, 0.4) is 0 Å². The molecule has 0 spiro atoms. The molecule has 0 aliphatic carbocycles. The Hall–Kier alpha value is -2.71. The average Bonchev–Trinajstić information content (AvgIpc) is 3.06. The molecule has 160 valence electrons. The summed E-state index contributed by atoms with van der Waals surface area (Å²) in [5.41, 5.74) is 3.03. The van der Waals surface area contributed by atoms with Crippen LogP contribution in [0.1, 0.15) is 23.1 Å². The SMILES string of the molecule is Cc1cc(S(=O)(=O)N(C)C)cc(NC(=O)C2CC(=O)N(Cc3ccccc3)C2)c1C. The van der Waals surface area contributed by atoms with Gasteiger partial charge < -0.3 is 10.2 Å². The first kappa shape index (κ1) is 22.0. The molecule has 7 nitrogen and oxygen atoms in total. The number of anilines is 1. The number of amides is 2. The topological polar surface area (TPSA) is 86.8 Å². The van der Waals surface area contributed by atoms with Crippen molar-refractivity contribution >= 4 is 27.5 Å². The molecule has 0 bridgehead atoms. The van der Waals surface area contributed by atoms with E-state index < -0.39 is 15.9 Å². The van der Waals surface area contributed by atoms with Gasteiger partial charge in [0.05, 0.1) is 10.8 Å². The predicted molar refractivity (Wildman–Crippen MR) is 115 cm³/mol. The maximum atomic E-state index is 12.9. The van der Waals surface area contributed by atoms with Crippen LogP contribution in [0, 0.1) is 19.8 Å². The van der Waals surface area contributed by atoms with Gasteiger partial charge in [0.15, 0.2) is 0 Å². The molecule has 2 aromatic rings. The number of carbonyl (C=O) groups is 2. The van der Waals surface area contributed by atoms with Gasteiger partial charge in [0.2, 0.25) is 21.8 Å². The van der Waals surface area contributed by atoms with Crippen molar-refractivity contribution in [3.05, 3.63) is 59.2 Å². The Morgan fingerprint density at radius 2 is 1.83 bits per heavy atom. The normalized spacial score (nSPS) is 16.9. The molecular weight excluding hydrogens is 402 g/mol. The van der Waals surface area contributed by atoms with E-state index in [1.165, 1.54) is 20.2 Å². The van der Waals surface area contributed by atoms with Crippen molar-refractivity contribution in [1.29, 1.82) is 0 Å². The van der Waals surface area contributed by atoms with Gasteiger partial charge in [-0.2, -0.15) is 0 Å². The van der Waals surface area contributed by atoms with Crippen molar-refractivity contribution in [3.8, 4) is 0 Å². The standard InChI is InChI=1S/C22H27N3O4S/c1-15-10-19(30(28,29)24(3)4)12-20(16(15)2)23-22(27)18-11-21(26)25(14-18)13-17-8-6-5-7-9-17/h5-10,12,18H,11,13-14H2,1-4H3,(H,23,27). The summed E-state index contributed by atoms with van der Waals surface area (Å²) < 4.78 is 26.2. The summed E-state index contributed by atoms with van der Waals surface area (Å²) in [5.74, 6) is -0.813. The summed E-state index contributed by atoms with van der Waals surface area (Å²) in [6.07, 6.45) is 0.145. The Morgan fingerprint density at radius 1 is 1.17 bits per heavy atom. The van der Waals surface area contributed by atoms with E-state index in [1.54, 1.807) is 17.9 Å². The highest BCUT2D eigenvalue weighted by Crippen LogP contribution is 2.27. The summed E-state index contributed by atoms with van der Waals surface area (Å²) in [5, 5.41) is 2.85. The average molecular weight is 430 g/mol. The van der Waals surface area contributed by atoms with Crippen LogP contribution < -0.4 is 5.32 Å². The minimum Gasteiger partial charge on any atom is -0.338 e. The third kappa shape index (κ3) is 4.55. The van der Waals surface area contributed by atoms with Crippen molar-refractivity contribution in [2.75, 3.05) is 26.0 Å². The molecule has 1 heterocycles. The van der Waals surface area contributed by atoms with Crippen LogP contribution in [-0.2, 0) is 26.2 Å². The highest BCUT2D eigenvalue weighted by atomic mass is 32.2. The van der Waals surface area contributed by atoms with Crippen molar-refractivity contribution in [1.82, 2.24) is 9.21 Å². The highest BCUT2D eigenvalue weighted by molar-refractivity contribution is 7.89. The third-order valence-electron chi connectivity index (χ3n) is 5.48. The van der Waals surface area contributed by atoms with Gasteiger partial charge in [0.1, 0.15) is 0 Å². The fraction of sp³-hybridized carbons (Fsp3) is 0.364. The number of hydrogen-bond donors (Lipinski definition) is 1. The minimum atomic E-state index is -3.63. The molecule has 1 saturated heterocycles. The van der Waals surface area contributed by atoms with Crippen LogP contribution in [0.5, 0.6) is 0 Å². The fourth-order valence-electron chi connectivity index (χ4n) is 3.46. The second-order valence-corrected chi connectivity index (χ2v) is 10.0. The first-order valence-corrected chi connectivity index (χ1v) is 11.2. The number of sulfonamides is 1. The number of carbonyl (C=O) groups excluding carboxylic acids is 2. The molecule has 2 amide bonds. The number of likely N-dealkylation sites (tertiary alicyclic amines) is 1. The number of aryl methyl sites for hydroxylation is 1. The van der Waals surface area contributed by atoms with Crippen LogP contribution in [0.15, 0.2) is 47.4 Å². The molecular formula is C22H27N3O4S. The molecule has 1 fully saturated rings. The third-order valence-corrected chi connectivity index (χ3v) is 7.27. The lowest BCUT2D eigenvalue weighted by Gasteiger charge is -2.18. The lowest BCUT2D eigenvalue weighted by Crippen LogP contribution is -2.28. The van der Waals surface area contributed by atoms with Gasteiger partial charge in [-0.1, -0.05) is 30.3 Å². The lowest BCUT2D eigenvalue weighted by molar-refractivity contribution is -0.128. The Kier molecular flexibility index (Phi) is 6.28. The summed E-state index contributed by atoms with van der Waals surface area (Å²) in [4.78, 5) is 27.1. The Balaban J connectivity index is 1.76. The molecule has 0 aromatic heterocycles. The number of nitrogens with zero attached hydrogens (tertiary/aromatic N) is 2. The number of rotatable bonds is 6. The maximum Gasteiger partial charge on any atom is 0.242 e. The molecule has 1 N–H and O–H groups in total. The highest BCUT2D eigenvalue weighted by Gasteiger charge is 2.34. The van der Waals surface area contributed by atoms with Crippen molar-refractivity contribution in [2.24, 2.45) is 5.92 Å². The van der Waals surface area contributed by atoms with Crippen molar-refractivity contribution in [3.63, 3.8) is 0 Å². The smallest absolute Gasteiger partial charge is 0.242 e. The zero-order chi connectivity index (χ0) is 22.1. The van der Waals surface area contributed by atoms with E-state index in [1.807, 2.05) is 37.3 Å². The van der Waals surface area contributed by atoms with Gasteiger partial charge in [0.25, 0.3) is 0 Å². The van der Waals surface area contributed by atoms with Crippen molar-refractivity contribution < 1.29 is 18.0 Å². The zero-order valence-electron chi connectivity index (χ0n) is 17.7. The van der Waals surface area contributed by atoms with E-state index in [-0.39, 0.29) is 23.1 Å². The van der Waals surface area contributed by atoms with Crippen LogP contribution in [-0.4, -0.2) is 50.1 Å². The van der Waals surface area contributed by atoms with Gasteiger partial charge in [-0.15, -0.1) is 0 Å². The van der Waals surface area contributed by atoms with Crippen LogP contribution in [0.2, 0.25) is 0 Å². The molecule has 1 atom stereocenters. The van der Waals surface area contributed by atoms with Crippen LogP contribution in [0.4, 0.5) is 5.69 Å². The Morgan fingerprint density at radius 3 is 2.47 bits per heavy atom. The first-order chi connectivity index (χ1) is 14.1. The first-order valence-electron chi connectivity index (χ1n) is 9.76. The monoisotopic (exact) mass is 429 g/mol. The summed E-state index contributed by atoms with van der Waals surface area (Å²) in [7, 11) is -0.693. The summed E-state index contributed by atoms with van der Waals surface area (Å²) in [6.45, 7) is 4.45. The maximum absolute atomic E-state index is 12.9. The van der Waals surface area contributed by atoms with Crippen LogP contribution >= 0.6 is 0 Å². The van der Waals surface area contributed by atoms with Crippen LogP contribution in [0.25, 0.3) is 0 Å². The summed E-state index contributed by atoms with van der Waals surface area (Å²) >= 11 is 0. The molecule has 8 heteroatoms. The van der Waals surface area contributed by atoms with E-state index in [0.717, 1.165) is 21.0 Å². The van der Waals surface area contributed by atoms with Gasteiger partial charge in [-0.3, -0.25) is 9.59 Å².